The Hall–Kier alpha value is -9.10. The van der Waals surface area contributed by atoms with Crippen LogP contribution in [0.2, 0.25) is 0 Å². The Morgan fingerprint density at radius 3 is 1.24 bits per heavy atom. The minimum absolute atomic E-state index is 1.19. The van der Waals surface area contributed by atoms with E-state index in [0.717, 1.165) is 0 Å². The van der Waals surface area contributed by atoms with Gasteiger partial charge in [0.2, 0.25) is 0 Å². The van der Waals surface area contributed by atoms with Gasteiger partial charge < -0.3 is 0 Å². The van der Waals surface area contributed by atoms with Gasteiger partial charge in [0.05, 0.1) is 0 Å². The van der Waals surface area contributed by atoms with Crippen molar-refractivity contribution in [2.45, 2.75) is 0 Å². The van der Waals surface area contributed by atoms with Crippen LogP contribution < -0.4 is 0 Å². The SMILES string of the molecule is c1cc(-c2c(-c3cccc4ccccc34)ccc3ccc(-c4cccc5ccccc45)cc23)cc(-c2ccc(-c3c4ccccc4c(-c4ccc5ccccc5c4)c4ccccc34)c3ccccc23)c1. The van der Waals surface area contributed by atoms with Gasteiger partial charge in [-0.2, -0.15) is 0 Å². The first-order valence-corrected chi connectivity index (χ1v) is 24.3. The topological polar surface area (TPSA) is 0 Å². The molecule has 0 spiro atoms. The quantitative estimate of drug-likeness (QED) is 0.146. The van der Waals surface area contributed by atoms with E-state index in [4.69, 9.17) is 0 Å². The summed E-state index contributed by atoms with van der Waals surface area (Å²) in [6.07, 6.45) is 0. The summed E-state index contributed by atoms with van der Waals surface area (Å²) in [7, 11) is 0. The minimum atomic E-state index is 1.19. The highest BCUT2D eigenvalue weighted by molar-refractivity contribution is 6.24. The van der Waals surface area contributed by atoms with Crippen molar-refractivity contribution in [3.8, 4) is 66.8 Å². The van der Waals surface area contributed by atoms with Crippen molar-refractivity contribution in [2.24, 2.45) is 0 Å². The fourth-order valence-electron chi connectivity index (χ4n) is 11.6. The number of benzene rings is 14. The second kappa shape index (κ2) is 16.3. The van der Waals surface area contributed by atoms with Crippen molar-refractivity contribution >= 4 is 75.4 Å². The second-order valence-electron chi connectivity index (χ2n) is 18.7. The Morgan fingerprint density at radius 2 is 0.543 bits per heavy atom. The van der Waals surface area contributed by atoms with Gasteiger partial charge in [0.1, 0.15) is 0 Å². The summed E-state index contributed by atoms with van der Waals surface area (Å²) in [6, 6.07) is 99.1. The highest BCUT2D eigenvalue weighted by atomic mass is 14.2. The van der Waals surface area contributed by atoms with Crippen LogP contribution in [0.1, 0.15) is 0 Å². The molecule has 0 N–H and O–H groups in total. The fourth-order valence-corrected chi connectivity index (χ4v) is 11.6. The molecule has 0 aromatic heterocycles. The van der Waals surface area contributed by atoms with Gasteiger partial charge in [-0.25, -0.2) is 0 Å². The van der Waals surface area contributed by atoms with Crippen LogP contribution in [-0.4, -0.2) is 0 Å². The molecule has 0 aliphatic rings. The van der Waals surface area contributed by atoms with E-state index in [-0.39, 0.29) is 0 Å². The summed E-state index contributed by atoms with van der Waals surface area (Å²) in [5.41, 5.74) is 14.8. The molecule has 0 heterocycles. The molecule has 0 atom stereocenters. The van der Waals surface area contributed by atoms with Crippen molar-refractivity contribution in [3.05, 3.63) is 267 Å². The molecular weight excluding hydrogens is 841 g/mol. The van der Waals surface area contributed by atoms with E-state index in [0.29, 0.717) is 0 Å². The van der Waals surface area contributed by atoms with E-state index < -0.39 is 0 Å². The average molecular weight is 885 g/mol. The zero-order chi connectivity index (χ0) is 46.1. The lowest BCUT2D eigenvalue weighted by atomic mass is 9.83. The largest absolute Gasteiger partial charge is 0.0616 e. The maximum absolute atomic E-state index is 2.43. The van der Waals surface area contributed by atoms with Crippen LogP contribution in [0.5, 0.6) is 0 Å². The number of hydrogen-bond acceptors (Lipinski definition) is 0. The molecule has 0 radical (unpaired) electrons. The monoisotopic (exact) mass is 884 g/mol. The molecule has 0 nitrogen and oxygen atoms in total. The summed E-state index contributed by atoms with van der Waals surface area (Å²) in [6.45, 7) is 0. The first-order valence-electron chi connectivity index (χ1n) is 24.3. The Bertz CT molecular complexity index is 4340. The van der Waals surface area contributed by atoms with Crippen LogP contribution in [0.3, 0.4) is 0 Å². The lowest BCUT2D eigenvalue weighted by molar-refractivity contribution is 1.60. The third-order valence-corrected chi connectivity index (χ3v) is 14.8. The predicted octanol–water partition coefficient (Wildman–Crippen LogP) is 19.8. The van der Waals surface area contributed by atoms with Crippen molar-refractivity contribution < 1.29 is 0 Å². The van der Waals surface area contributed by atoms with E-state index in [1.807, 2.05) is 0 Å². The molecule has 14 rings (SSSR count). The Balaban J connectivity index is 0.978. The molecular formula is C70H44. The third kappa shape index (κ3) is 6.45. The first kappa shape index (κ1) is 40.0. The van der Waals surface area contributed by atoms with Crippen LogP contribution in [0.15, 0.2) is 267 Å². The zero-order valence-corrected chi connectivity index (χ0v) is 38.4. The van der Waals surface area contributed by atoms with Gasteiger partial charge in [0.25, 0.3) is 0 Å². The maximum Gasteiger partial charge on any atom is -0.00201 e. The third-order valence-electron chi connectivity index (χ3n) is 14.8. The Morgan fingerprint density at radius 1 is 0.143 bits per heavy atom. The maximum atomic E-state index is 2.43. The van der Waals surface area contributed by atoms with Crippen LogP contribution >= 0.6 is 0 Å². The average Bonchev–Trinajstić information content (AvgIpc) is 3.43. The van der Waals surface area contributed by atoms with Gasteiger partial charge in [0, 0.05) is 0 Å². The van der Waals surface area contributed by atoms with Gasteiger partial charge in [-0.1, -0.05) is 249 Å². The molecule has 0 aliphatic heterocycles. The van der Waals surface area contributed by atoms with Gasteiger partial charge in [-0.3, -0.25) is 0 Å². The van der Waals surface area contributed by atoms with E-state index in [2.05, 4.69) is 267 Å². The standard InChI is InChI=1S/C70H44/c1-2-19-49-42-53(37-34-45(49)16-1)68-61-28-9-11-30-63(61)70(64-31-12-10-29-62(64)68)66-41-40-57(58-26-7-8-27-60(58)66)50-22-13-23-52(43-50)69-65(59-33-15-21-47-18-4-6-25-55(47)59)39-38-48-35-36-51(44-67(48)69)56-32-14-20-46-17-3-5-24-54(46)56/h1-44H. The fraction of sp³-hybridized carbons (Fsp3) is 0. The molecule has 0 aliphatic carbocycles. The summed E-state index contributed by atoms with van der Waals surface area (Å²) < 4.78 is 0. The summed E-state index contributed by atoms with van der Waals surface area (Å²) in [5, 5.41) is 17.4. The Labute approximate surface area is 407 Å². The molecule has 70 heavy (non-hydrogen) atoms. The molecule has 0 amide bonds. The number of rotatable bonds is 6. The lowest BCUT2D eigenvalue weighted by Crippen LogP contribution is -1.93. The van der Waals surface area contributed by atoms with Crippen LogP contribution in [0.25, 0.3) is 142 Å². The van der Waals surface area contributed by atoms with Gasteiger partial charge in [-0.05, 0) is 160 Å². The summed E-state index contributed by atoms with van der Waals surface area (Å²) in [5.74, 6) is 0. The molecule has 324 valence electrons. The Kier molecular flexibility index (Phi) is 9.32. The van der Waals surface area contributed by atoms with Crippen molar-refractivity contribution in [1.29, 1.82) is 0 Å². The molecule has 0 bridgehead atoms. The molecule has 0 saturated heterocycles. The smallest absolute Gasteiger partial charge is 0.00201 e. The summed E-state index contributed by atoms with van der Waals surface area (Å²) >= 11 is 0. The summed E-state index contributed by atoms with van der Waals surface area (Å²) in [4.78, 5) is 0. The highest BCUT2D eigenvalue weighted by Crippen LogP contribution is 2.48. The van der Waals surface area contributed by atoms with E-state index in [1.165, 1.54) is 142 Å². The van der Waals surface area contributed by atoms with E-state index >= 15 is 0 Å². The van der Waals surface area contributed by atoms with Crippen molar-refractivity contribution in [1.82, 2.24) is 0 Å². The highest BCUT2D eigenvalue weighted by Gasteiger charge is 2.21. The zero-order valence-electron chi connectivity index (χ0n) is 38.4. The molecule has 0 saturated carbocycles. The van der Waals surface area contributed by atoms with Gasteiger partial charge in [0.15, 0.2) is 0 Å². The lowest BCUT2D eigenvalue weighted by Gasteiger charge is -2.20. The molecule has 14 aromatic rings. The van der Waals surface area contributed by atoms with Crippen molar-refractivity contribution in [2.75, 3.05) is 0 Å². The number of fused-ring (bicyclic) bond motifs is 7. The van der Waals surface area contributed by atoms with Crippen molar-refractivity contribution in [3.63, 3.8) is 0 Å². The van der Waals surface area contributed by atoms with Crippen LogP contribution in [0, 0.1) is 0 Å². The number of hydrogen-bond donors (Lipinski definition) is 0. The van der Waals surface area contributed by atoms with Crippen LogP contribution in [-0.2, 0) is 0 Å². The first-order chi connectivity index (χ1) is 34.7. The van der Waals surface area contributed by atoms with Gasteiger partial charge >= 0.3 is 0 Å². The van der Waals surface area contributed by atoms with Crippen LogP contribution in [0.4, 0.5) is 0 Å². The van der Waals surface area contributed by atoms with E-state index in [1.54, 1.807) is 0 Å². The predicted molar refractivity (Wildman–Crippen MR) is 302 cm³/mol. The molecule has 0 unspecified atom stereocenters. The van der Waals surface area contributed by atoms with Gasteiger partial charge in [-0.15, -0.1) is 0 Å². The van der Waals surface area contributed by atoms with E-state index in [9.17, 15) is 0 Å². The molecule has 14 aromatic carbocycles. The molecule has 0 fully saturated rings. The normalized spacial score (nSPS) is 11.7. The second-order valence-corrected chi connectivity index (χ2v) is 18.7. The minimum Gasteiger partial charge on any atom is -0.0616 e. The molecule has 0 heteroatoms.